The van der Waals surface area contributed by atoms with Crippen LogP contribution in [0.3, 0.4) is 0 Å². The quantitative estimate of drug-likeness (QED) is 0.388. The first-order valence-corrected chi connectivity index (χ1v) is 10.7. The third-order valence-electron chi connectivity index (χ3n) is 5.36. The summed E-state index contributed by atoms with van der Waals surface area (Å²) in [5.41, 5.74) is 1.82. The molecule has 0 saturated heterocycles. The highest BCUT2D eigenvalue weighted by molar-refractivity contribution is 5.94. The number of rotatable bonds is 8. The summed E-state index contributed by atoms with van der Waals surface area (Å²) < 4.78 is 12.8. The fourth-order valence-electron chi connectivity index (χ4n) is 3.52. The Morgan fingerprint density at radius 1 is 1.06 bits per heavy atom. The van der Waals surface area contributed by atoms with Gasteiger partial charge in [-0.2, -0.15) is 0 Å². The van der Waals surface area contributed by atoms with Crippen LogP contribution in [-0.2, 0) is 16.1 Å². The number of amides is 1. The van der Waals surface area contributed by atoms with Gasteiger partial charge in [0.05, 0.1) is 19.0 Å². The first-order valence-electron chi connectivity index (χ1n) is 10.7. The standard InChI is InChI=1S/C26H25N3O4/c1-18(19-6-7-21-16-24(32-2)9-8-20(21)14-19)33-26(31)22-4-3-5-23(15-22)28-25(30)10-12-29-13-11-27-17-29/h3-9,11,13-18H,10,12H2,1-2H3,(H,28,30). The molecule has 3 aromatic carbocycles. The number of ether oxygens (including phenoxy) is 2. The second kappa shape index (κ2) is 9.99. The van der Waals surface area contributed by atoms with Crippen LogP contribution < -0.4 is 10.1 Å². The number of fused-ring (bicyclic) bond motifs is 1. The van der Waals surface area contributed by atoms with Crippen molar-refractivity contribution in [1.82, 2.24) is 9.55 Å². The van der Waals surface area contributed by atoms with E-state index >= 15 is 0 Å². The number of hydrogen-bond acceptors (Lipinski definition) is 5. The third kappa shape index (κ3) is 5.57. The molecule has 1 unspecified atom stereocenters. The van der Waals surface area contributed by atoms with Gasteiger partial charge >= 0.3 is 5.97 Å². The summed E-state index contributed by atoms with van der Waals surface area (Å²) in [6, 6.07) is 18.5. The Kier molecular flexibility index (Phi) is 6.69. The predicted octanol–water partition coefficient (Wildman–Crippen LogP) is 4.99. The molecule has 1 aromatic heterocycles. The lowest BCUT2D eigenvalue weighted by atomic mass is 10.0. The van der Waals surface area contributed by atoms with E-state index in [9.17, 15) is 9.59 Å². The van der Waals surface area contributed by atoms with Gasteiger partial charge in [-0.15, -0.1) is 0 Å². The lowest BCUT2D eigenvalue weighted by Crippen LogP contribution is -2.15. The largest absolute Gasteiger partial charge is 0.497 e. The Hall–Kier alpha value is -4.13. The number of hydrogen-bond donors (Lipinski definition) is 1. The summed E-state index contributed by atoms with van der Waals surface area (Å²) in [7, 11) is 1.64. The van der Waals surface area contributed by atoms with Gasteiger partial charge in [0.1, 0.15) is 11.9 Å². The molecular weight excluding hydrogens is 418 g/mol. The highest BCUT2D eigenvalue weighted by Gasteiger charge is 2.15. The molecule has 4 aromatic rings. The Balaban J connectivity index is 1.38. The topological polar surface area (TPSA) is 82.5 Å². The summed E-state index contributed by atoms with van der Waals surface area (Å²) in [5.74, 6) is 0.200. The van der Waals surface area contributed by atoms with Crippen LogP contribution in [0.2, 0.25) is 0 Å². The van der Waals surface area contributed by atoms with Gasteiger partial charge in [-0.05, 0) is 59.7 Å². The maximum Gasteiger partial charge on any atom is 0.338 e. The second-order valence-electron chi connectivity index (χ2n) is 7.70. The van der Waals surface area contributed by atoms with Gasteiger partial charge in [-0.25, -0.2) is 9.78 Å². The molecule has 0 saturated carbocycles. The number of imidazole rings is 1. The molecule has 33 heavy (non-hydrogen) atoms. The van der Waals surface area contributed by atoms with Crippen molar-refractivity contribution in [2.75, 3.05) is 12.4 Å². The third-order valence-corrected chi connectivity index (χ3v) is 5.36. The minimum absolute atomic E-state index is 0.143. The molecule has 7 nitrogen and oxygen atoms in total. The van der Waals surface area contributed by atoms with Crippen molar-refractivity contribution in [3.63, 3.8) is 0 Å². The summed E-state index contributed by atoms with van der Waals surface area (Å²) in [5, 5.41) is 4.91. The molecule has 0 aliphatic rings. The molecule has 0 aliphatic carbocycles. The Morgan fingerprint density at radius 3 is 2.67 bits per heavy atom. The van der Waals surface area contributed by atoms with Crippen LogP contribution in [0.25, 0.3) is 10.8 Å². The van der Waals surface area contributed by atoms with Crippen LogP contribution in [-0.4, -0.2) is 28.5 Å². The van der Waals surface area contributed by atoms with Crippen molar-refractivity contribution < 1.29 is 19.1 Å². The first-order chi connectivity index (χ1) is 16.0. The van der Waals surface area contributed by atoms with Crippen molar-refractivity contribution in [2.45, 2.75) is 26.0 Å². The minimum atomic E-state index is -0.452. The van der Waals surface area contributed by atoms with E-state index in [1.165, 1.54) is 0 Å². The molecule has 1 N–H and O–H groups in total. The van der Waals surface area contributed by atoms with Gasteiger partial charge in [-0.1, -0.05) is 24.3 Å². The fraction of sp³-hybridized carbons (Fsp3) is 0.192. The molecule has 1 amide bonds. The molecule has 0 bridgehead atoms. The molecule has 0 aliphatic heterocycles. The molecule has 1 atom stereocenters. The number of aryl methyl sites for hydroxylation is 1. The van der Waals surface area contributed by atoms with E-state index in [-0.39, 0.29) is 5.91 Å². The predicted molar refractivity (Wildman–Crippen MR) is 126 cm³/mol. The lowest BCUT2D eigenvalue weighted by molar-refractivity contribution is -0.116. The maximum absolute atomic E-state index is 12.7. The van der Waals surface area contributed by atoms with Crippen LogP contribution in [0.15, 0.2) is 79.4 Å². The van der Waals surface area contributed by atoms with E-state index in [1.54, 1.807) is 50.1 Å². The highest BCUT2D eigenvalue weighted by Crippen LogP contribution is 2.26. The van der Waals surface area contributed by atoms with E-state index < -0.39 is 12.1 Å². The molecule has 0 spiro atoms. The van der Waals surface area contributed by atoms with E-state index in [1.807, 2.05) is 47.9 Å². The molecule has 168 valence electrons. The van der Waals surface area contributed by atoms with Crippen molar-refractivity contribution in [3.05, 3.63) is 90.5 Å². The van der Waals surface area contributed by atoms with E-state index in [0.717, 1.165) is 22.1 Å². The fourth-order valence-corrected chi connectivity index (χ4v) is 3.52. The Morgan fingerprint density at radius 2 is 1.88 bits per heavy atom. The van der Waals surface area contributed by atoms with Crippen molar-refractivity contribution in [3.8, 4) is 5.75 Å². The molecular formula is C26H25N3O4. The summed E-state index contributed by atoms with van der Waals surface area (Å²) in [6.07, 6.45) is 5.01. The summed E-state index contributed by atoms with van der Waals surface area (Å²) in [6.45, 7) is 2.37. The lowest BCUT2D eigenvalue weighted by Gasteiger charge is -2.15. The van der Waals surface area contributed by atoms with Crippen LogP contribution in [0, 0.1) is 0 Å². The number of benzene rings is 3. The highest BCUT2D eigenvalue weighted by atomic mass is 16.5. The zero-order valence-corrected chi connectivity index (χ0v) is 18.5. The average molecular weight is 444 g/mol. The zero-order valence-electron chi connectivity index (χ0n) is 18.5. The molecule has 4 rings (SSSR count). The van der Waals surface area contributed by atoms with Gasteiger partial charge in [0, 0.05) is 31.0 Å². The van der Waals surface area contributed by atoms with Crippen molar-refractivity contribution in [1.29, 1.82) is 0 Å². The molecule has 0 radical (unpaired) electrons. The molecule has 0 fully saturated rings. The number of esters is 1. The van der Waals surface area contributed by atoms with Crippen LogP contribution in [0.5, 0.6) is 5.75 Å². The zero-order chi connectivity index (χ0) is 23.2. The van der Waals surface area contributed by atoms with Crippen LogP contribution >= 0.6 is 0 Å². The van der Waals surface area contributed by atoms with E-state index in [4.69, 9.17) is 9.47 Å². The normalized spacial score (nSPS) is 11.7. The van der Waals surface area contributed by atoms with Crippen LogP contribution in [0.4, 0.5) is 5.69 Å². The second-order valence-corrected chi connectivity index (χ2v) is 7.70. The Labute approximate surface area is 192 Å². The van der Waals surface area contributed by atoms with Gasteiger partial charge in [-0.3, -0.25) is 4.79 Å². The van der Waals surface area contributed by atoms with Gasteiger partial charge in [0.2, 0.25) is 5.91 Å². The minimum Gasteiger partial charge on any atom is -0.497 e. The van der Waals surface area contributed by atoms with E-state index in [2.05, 4.69) is 10.3 Å². The van der Waals surface area contributed by atoms with Gasteiger partial charge in [0.25, 0.3) is 0 Å². The monoisotopic (exact) mass is 443 g/mol. The van der Waals surface area contributed by atoms with Gasteiger partial charge < -0.3 is 19.4 Å². The maximum atomic E-state index is 12.7. The molecule has 7 heteroatoms. The van der Waals surface area contributed by atoms with Crippen LogP contribution in [0.1, 0.15) is 35.4 Å². The number of aromatic nitrogens is 2. The number of carbonyl (C=O) groups excluding carboxylic acids is 2. The number of methoxy groups -OCH3 is 1. The number of nitrogens with one attached hydrogen (secondary N) is 1. The van der Waals surface area contributed by atoms with Crippen molar-refractivity contribution >= 4 is 28.3 Å². The van der Waals surface area contributed by atoms with E-state index in [0.29, 0.717) is 24.2 Å². The summed E-state index contributed by atoms with van der Waals surface area (Å²) >= 11 is 0. The first kappa shape index (κ1) is 22.1. The summed E-state index contributed by atoms with van der Waals surface area (Å²) in [4.78, 5) is 28.9. The smallest absolute Gasteiger partial charge is 0.338 e. The number of nitrogens with zero attached hydrogens (tertiary/aromatic N) is 2. The Bertz CT molecular complexity index is 1270. The van der Waals surface area contributed by atoms with Gasteiger partial charge in [0.15, 0.2) is 0 Å². The van der Waals surface area contributed by atoms with Crippen molar-refractivity contribution in [2.24, 2.45) is 0 Å². The number of carbonyl (C=O) groups is 2. The molecule has 1 heterocycles. The average Bonchev–Trinajstić information content (AvgIpc) is 3.36. The SMILES string of the molecule is COc1ccc2cc(C(C)OC(=O)c3cccc(NC(=O)CCn4ccnc4)c3)ccc2c1. The number of anilines is 1.